The lowest BCUT2D eigenvalue weighted by Crippen LogP contribution is -2.15. The number of rotatable bonds is 8. The second kappa shape index (κ2) is 9.39. The number of halogens is 2. The van der Waals surface area contributed by atoms with Gasteiger partial charge in [0, 0.05) is 0 Å². The van der Waals surface area contributed by atoms with Gasteiger partial charge >= 0.3 is 0 Å². The summed E-state index contributed by atoms with van der Waals surface area (Å²) in [5.74, 6) is -0.186. The Hall–Kier alpha value is -1.12. The molecule has 1 saturated carbocycles. The largest absolute Gasteiger partial charge is 0.490 e. The lowest BCUT2D eigenvalue weighted by atomic mass is 9.77. The van der Waals surface area contributed by atoms with E-state index >= 15 is 0 Å². The minimum absolute atomic E-state index is 0.0545. The molecular formula is C21H32F2O. The highest BCUT2D eigenvalue weighted by atomic mass is 19.2. The van der Waals surface area contributed by atoms with Crippen molar-refractivity contribution in [3.05, 3.63) is 29.3 Å². The van der Waals surface area contributed by atoms with Crippen molar-refractivity contribution < 1.29 is 13.5 Å². The molecule has 1 aromatic carbocycles. The summed E-state index contributed by atoms with van der Waals surface area (Å²) in [6.45, 7) is 6.83. The van der Waals surface area contributed by atoms with Crippen molar-refractivity contribution in [2.75, 3.05) is 6.61 Å². The second-order valence-corrected chi connectivity index (χ2v) is 7.49. The van der Waals surface area contributed by atoms with Crippen molar-refractivity contribution in [3.8, 4) is 5.75 Å². The first kappa shape index (κ1) is 19.2. The van der Waals surface area contributed by atoms with Crippen molar-refractivity contribution in [2.24, 2.45) is 11.8 Å². The number of benzene rings is 1. The zero-order valence-corrected chi connectivity index (χ0v) is 15.4. The van der Waals surface area contributed by atoms with Crippen molar-refractivity contribution >= 4 is 0 Å². The summed E-state index contributed by atoms with van der Waals surface area (Å²) in [7, 11) is 0. The third-order valence-corrected chi connectivity index (χ3v) is 5.37. The summed E-state index contributed by atoms with van der Waals surface area (Å²) in [6, 6.07) is 3.35. The van der Waals surface area contributed by atoms with Gasteiger partial charge in [0.25, 0.3) is 0 Å². The van der Waals surface area contributed by atoms with E-state index in [0.29, 0.717) is 18.1 Å². The van der Waals surface area contributed by atoms with E-state index in [0.717, 1.165) is 44.4 Å². The molecule has 1 aliphatic carbocycles. The van der Waals surface area contributed by atoms with Crippen LogP contribution in [0, 0.1) is 23.5 Å². The Morgan fingerprint density at radius 3 is 2.38 bits per heavy atom. The van der Waals surface area contributed by atoms with Gasteiger partial charge in [-0.25, -0.2) is 4.39 Å². The van der Waals surface area contributed by atoms with Gasteiger partial charge in [-0.15, -0.1) is 0 Å². The Bertz CT molecular complexity index is 507. The average molecular weight is 338 g/mol. The Kier molecular flexibility index (Phi) is 7.51. The van der Waals surface area contributed by atoms with Crippen molar-refractivity contribution in [2.45, 2.75) is 78.1 Å². The maximum atomic E-state index is 14.5. The van der Waals surface area contributed by atoms with Crippen LogP contribution in [0.15, 0.2) is 12.1 Å². The van der Waals surface area contributed by atoms with Gasteiger partial charge in [-0.2, -0.15) is 4.39 Å². The molecule has 0 radical (unpaired) electrons. The summed E-state index contributed by atoms with van der Waals surface area (Å²) < 4.78 is 34.4. The predicted octanol–water partition coefficient (Wildman–Crippen LogP) is 6.85. The summed E-state index contributed by atoms with van der Waals surface area (Å²) in [4.78, 5) is 0. The Morgan fingerprint density at radius 2 is 1.75 bits per heavy atom. The maximum absolute atomic E-state index is 14.5. The fraction of sp³-hybridized carbons (Fsp3) is 0.714. The molecule has 0 saturated heterocycles. The van der Waals surface area contributed by atoms with E-state index in [1.807, 2.05) is 0 Å². The second-order valence-electron chi connectivity index (χ2n) is 7.49. The highest BCUT2D eigenvalue weighted by Gasteiger charge is 2.26. The minimum atomic E-state index is -0.813. The summed E-state index contributed by atoms with van der Waals surface area (Å²) in [6.07, 6.45) is 8.76. The summed E-state index contributed by atoms with van der Waals surface area (Å²) >= 11 is 0. The van der Waals surface area contributed by atoms with Crippen LogP contribution in [0.25, 0.3) is 0 Å². The predicted molar refractivity (Wildman–Crippen MR) is 95.5 cm³/mol. The quantitative estimate of drug-likeness (QED) is 0.503. The van der Waals surface area contributed by atoms with Gasteiger partial charge in [-0.3, -0.25) is 0 Å². The van der Waals surface area contributed by atoms with Gasteiger partial charge < -0.3 is 4.74 Å². The van der Waals surface area contributed by atoms with Gasteiger partial charge in [0.15, 0.2) is 11.6 Å². The highest BCUT2D eigenvalue weighted by Crippen LogP contribution is 2.39. The van der Waals surface area contributed by atoms with Crippen LogP contribution in [0.3, 0.4) is 0 Å². The van der Waals surface area contributed by atoms with Crippen molar-refractivity contribution in [3.63, 3.8) is 0 Å². The molecule has 1 atom stereocenters. The van der Waals surface area contributed by atoms with Gasteiger partial charge in [-0.1, -0.05) is 46.1 Å². The molecule has 1 nitrogen and oxygen atoms in total. The molecule has 1 unspecified atom stereocenters. The van der Waals surface area contributed by atoms with Crippen LogP contribution in [0.1, 0.15) is 83.6 Å². The molecule has 3 heteroatoms. The molecule has 0 aliphatic heterocycles. The molecule has 0 aromatic heterocycles. The van der Waals surface area contributed by atoms with Crippen LogP contribution in [0.5, 0.6) is 5.75 Å². The van der Waals surface area contributed by atoms with E-state index in [-0.39, 0.29) is 11.7 Å². The van der Waals surface area contributed by atoms with E-state index in [1.165, 1.54) is 12.8 Å². The Labute approximate surface area is 145 Å². The third kappa shape index (κ3) is 4.94. The Balaban J connectivity index is 1.99. The molecule has 2 rings (SSSR count). The van der Waals surface area contributed by atoms with E-state index in [2.05, 4.69) is 20.8 Å². The van der Waals surface area contributed by atoms with Gasteiger partial charge in [0.05, 0.1) is 6.61 Å². The molecule has 0 bridgehead atoms. The van der Waals surface area contributed by atoms with Crippen LogP contribution in [0.2, 0.25) is 0 Å². The van der Waals surface area contributed by atoms with E-state index in [1.54, 1.807) is 12.1 Å². The number of hydrogen-bond acceptors (Lipinski definition) is 1. The standard InChI is InChI=1S/C21H32F2O/c1-4-6-15(3)14-24-19-13-12-18(20(22)21(19)23)17-10-8-16(7-5-2)9-11-17/h12-13,15-17H,4-11,14H2,1-3H3. The first-order valence-corrected chi connectivity index (χ1v) is 9.67. The fourth-order valence-corrected chi connectivity index (χ4v) is 3.95. The first-order chi connectivity index (χ1) is 11.6. The summed E-state index contributed by atoms with van der Waals surface area (Å²) in [5, 5.41) is 0. The van der Waals surface area contributed by atoms with Crippen molar-refractivity contribution in [1.29, 1.82) is 0 Å². The van der Waals surface area contributed by atoms with E-state index < -0.39 is 11.6 Å². The molecule has 1 aliphatic rings. The monoisotopic (exact) mass is 338 g/mol. The number of ether oxygens (including phenoxy) is 1. The Morgan fingerprint density at radius 1 is 1.04 bits per heavy atom. The molecule has 136 valence electrons. The lowest BCUT2D eigenvalue weighted by molar-refractivity contribution is 0.237. The zero-order chi connectivity index (χ0) is 17.5. The van der Waals surface area contributed by atoms with Crippen molar-refractivity contribution in [1.82, 2.24) is 0 Å². The molecule has 0 spiro atoms. The molecule has 24 heavy (non-hydrogen) atoms. The topological polar surface area (TPSA) is 9.23 Å². The number of hydrogen-bond donors (Lipinski definition) is 0. The molecule has 0 amide bonds. The van der Waals surface area contributed by atoms with Crippen LogP contribution in [0.4, 0.5) is 8.78 Å². The normalized spacial score (nSPS) is 22.4. The zero-order valence-electron chi connectivity index (χ0n) is 15.4. The van der Waals surface area contributed by atoms with Crippen LogP contribution in [-0.4, -0.2) is 6.61 Å². The summed E-state index contributed by atoms with van der Waals surface area (Å²) in [5.41, 5.74) is 0.538. The highest BCUT2D eigenvalue weighted by molar-refractivity contribution is 5.33. The lowest BCUT2D eigenvalue weighted by Gasteiger charge is -2.29. The molecule has 0 heterocycles. The third-order valence-electron chi connectivity index (χ3n) is 5.37. The minimum Gasteiger partial charge on any atom is -0.490 e. The van der Waals surface area contributed by atoms with E-state index in [9.17, 15) is 8.78 Å². The fourth-order valence-electron chi connectivity index (χ4n) is 3.95. The van der Waals surface area contributed by atoms with Crippen LogP contribution < -0.4 is 4.74 Å². The maximum Gasteiger partial charge on any atom is 0.200 e. The molecular weight excluding hydrogens is 306 g/mol. The van der Waals surface area contributed by atoms with Crippen LogP contribution >= 0.6 is 0 Å². The SMILES string of the molecule is CCCC(C)COc1ccc(C2CCC(CCC)CC2)c(F)c1F. The smallest absolute Gasteiger partial charge is 0.200 e. The van der Waals surface area contributed by atoms with E-state index in [4.69, 9.17) is 4.74 Å². The van der Waals surface area contributed by atoms with Crippen LogP contribution in [-0.2, 0) is 0 Å². The van der Waals surface area contributed by atoms with Gasteiger partial charge in [0.2, 0.25) is 5.82 Å². The van der Waals surface area contributed by atoms with Gasteiger partial charge in [-0.05, 0) is 61.5 Å². The average Bonchev–Trinajstić information content (AvgIpc) is 2.58. The molecule has 1 aromatic rings. The van der Waals surface area contributed by atoms with Gasteiger partial charge in [0.1, 0.15) is 0 Å². The molecule has 0 N–H and O–H groups in total. The molecule has 1 fully saturated rings. The first-order valence-electron chi connectivity index (χ1n) is 9.67.